The summed E-state index contributed by atoms with van der Waals surface area (Å²) in [5.74, 6) is -0.148. The minimum Gasteiger partial charge on any atom is -0.493 e. The molecule has 156 valence electrons. The summed E-state index contributed by atoms with van der Waals surface area (Å²) < 4.78 is 46.9. The summed E-state index contributed by atoms with van der Waals surface area (Å²) in [5, 5.41) is 2.14. The van der Waals surface area contributed by atoms with Gasteiger partial charge in [-0.05, 0) is 37.1 Å². The molecule has 0 saturated carbocycles. The second-order valence-electron chi connectivity index (χ2n) is 7.10. The third kappa shape index (κ3) is 4.63. The molecule has 3 rings (SSSR count). The normalized spacial score (nSPS) is 19.3. The highest BCUT2D eigenvalue weighted by Crippen LogP contribution is 2.43. The van der Waals surface area contributed by atoms with Crippen LogP contribution in [-0.4, -0.2) is 23.8 Å². The molecular formula is C21H24F3N3OS. The first-order chi connectivity index (χ1) is 13.8. The number of halogens is 3. The van der Waals surface area contributed by atoms with E-state index in [0.29, 0.717) is 22.8 Å². The van der Waals surface area contributed by atoms with Crippen molar-refractivity contribution in [2.45, 2.75) is 44.7 Å². The highest BCUT2D eigenvalue weighted by atomic mass is 32.1. The molecule has 29 heavy (non-hydrogen) atoms. The number of rotatable bonds is 7. The lowest BCUT2D eigenvalue weighted by Crippen LogP contribution is -2.32. The molecule has 0 radical (unpaired) electrons. The lowest BCUT2D eigenvalue weighted by atomic mass is 9.75. The van der Waals surface area contributed by atoms with Crippen LogP contribution in [0.2, 0.25) is 0 Å². The number of aromatic nitrogens is 1. The molecule has 1 unspecified atom stereocenters. The molecule has 1 aliphatic rings. The van der Waals surface area contributed by atoms with Gasteiger partial charge in [0, 0.05) is 11.1 Å². The monoisotopic (exact) mass is 423 g/mol. The zero-order valence-corrected chi connectivity index (χ0v) is 17.2. The van der Waals surface area contributed by atoms with E-state index in [2.05, 4.69) is 9.98 Å². The number of anilines is 1. The average Bonchev–Trinajstić information content (AvgIpc) is 3.12. The van der Waals surface area contributed by atoms with Crippen LogP contribution in [0.3, 0.4) is 0 Å². The number of hydrogen-bond donors (Lipinski definition) is 1. The number of thiazole rings is 1. The zero-order valence-electron chi connectivity index (χ0n) is 16.4. The highest BCUT2D eigenvalue weighted by Gasteiger charge is 2.40. The zero-order chi connectivity index (χ0) is 21.1. The van der Waals surface area contributed by atoms with Crippen LogP contribution in [0.25, 0.3) is 0 Å². The maximum Gasteiger partial charge on any atom is 0.419 e. The van der Waals surface area contributed by atoms with Gasteiger partial charge in [0.25, 0.3) is 0 Å². The molecule has 1 aliphatic heterocycles. The van der Waals surface area contributed by atoms with E-state index in [0.717, 1.165) is 24.6 Å². The number of nitrogens with two attached hydrogens (primary N) is 1. The first-order valence-electron chi connectivity index (χ1n) is 9.52. The van der Waals surface area contributed by atoms with Gasteiger partial charge in [0.15, 0.2) is 5.13 Å². The quantitative estimate of drug-likeness (QED) is 0.587. The fraction of sp³-hybridized carbons (Fsp3) is 0.429. The number of nitrogens with zero attached hydrogens (tertiary/aromatic N) is 2. The summed E-state index contributed by atoms with van der Waals surface area (Å²) in [7, 11) is 0. The fourth-order valence-corrected chi connectivity index (χ4v) is 3.95. The molecule has 2 N–H and O–H groups in total. The Labute approximate surface area is 172 Å². The van der Waals surface area contributed by atoms with E-state index in [1.807, 2.05) is 26.0 Å². The van der Waals surface area contributed by atoms with Crippen LogP contribution in [0, 0.1) is 0 Å². The molecule has 2 heterocycles. The van der Waals surface area contributed by atoms with Crippen molar-refractivity contribution in [3.05, 3.63) is 52.6 Å². The summed E-state index contributed by atoms with van der Waals surface area (Å²) in [6.07, 6.45) is 1.74. The van der Waals surface area contributed by atoms with Crippen molar-refractivity contribution in [1.82, 2.24) is 4.98 Å². The summed E-state index contributed by atoms with van der Waals surface area (Å²) in [6.45, 7) is 4.41. The van der Waals surface area contributed by atoms with E-state index in [9.17, 15) is 13.2 Å². The van der Waals surface area contributed by atoms with E-state index >= 15 is 0 Å². The highest BCUT2D eigenvalue weighted by molar-refractivity contribution is 7.13. The predicted octanol–water partition coefficient (Wildman–Crippen LogP) is 5.63. The van der Waals surface area contributed by atoms with E-state index in [1.54, 1.807) is 11.4 Å². The van der Waals surface area contributed by atoms with E-state index < -0.39 is 17.2 Å². The summed E-state index contributed by atoms with van der Waals surface area (Å²) in [6, 6.07) is 4.23. The maximum absolute atomic E-state index is 13.8. The minimum atomic E-state index is -4.53. The standard InChI is InChI=1S/C21H24F3N3OS/c1-3-4-5-10-28-17-7-6-15(11-16(17)21(22,23)24)20(9-8-14(2)26-13-20)18-12-29-19(25)27-18/h6-9,11-12H,3-5,10,13H2,1-2H3,(H2,25,27). The van der Waals surface area contributed by atoms with Crippen LogP contribution < -0.4 is 10.5 Å². The molecule has 0 spiro atoms. The minimum absolute atomic E-state index is 0.148. The Morgan fingerprint density at radius 2 is 2.07 bits per heavy atom. The van der Waals surface area contributed by atoms with Crippen LogP contribution in [0.15, 0.2) is 40.7 Å². The van der Waals surface area contributed by atoms with Crippen molar-refractivity contribution < 1.29 is 17.9 Å². The number of aliphatic imine (C=N–C) groups is 1. The Morgan fingerprint density at radius 1 is 1.28 bits per heavy atom. The van der Waals surface area contributed by atoms with Gasteiger partial charge in [0.05, 0.1) is 29.8 Å². The van der Waals surface area contributed by atoms with Crippen LogP contribution in [-0.2, 0) is 11.6 Å². The van der Waals surface area contributed by atoms with Crippen molar-refractivity contribution in [3.63, 3.8) is 0 Å². The van der Waals surface area contributed by atoms with Crippen LogP contribution in [0.5, 0.6) is 5.75 Å². The SMILES string of the molecule is CCCCCOc1ccc(C2(c3csc(N)n3)C=CC(C)=NC2)cc1C(F)(F)F. The molecule has 0 fully saturated rings. The Morgan fingerprint density at radius 3 is 2.66 bits per heavy atom. The number of dihydropyridines is 1. The largest absolute Gasteiger partial charge is 0.493 e. The Kier molecular flexibility index (Phi) is 6.31. The van der Waals surface area contributed by atoms with Gasteiger partial charge in [-0.1, -0.05) is 31.9 Å². The Bertz CT molecular complexity index is 920. The van der Waals surface area contributed by atoms with Gasteiger partial charge in [0.2, 0.25) is 0 Å². The van der Waals surface area contributed by atoms with Crippen molar-refractivity contribution >= 4 is 22.2 Å². The number of ether oxygens (including phenoxy) is 1. The number of allylic oxidation sites excluding steroid dienone is 1. The lowest BCUT2D eigenvalue weighted by Gasteiger charge is -2.31. The molecule has 0 aliphatic carbocycles. The van der Waals surface area contributed by atoms with E-state index in [4.69, 9.17) is 10.5 Å². The summed E-state index contributed by atoms with van der Waals surface area (Å²) in [4.78, 5) is 8.83. The van der Waals surface area contributed by atoms with E-state index in [1.165, 1.54) is 17.4 Å². The molecule has 1 atom stereocenters. The third-order valence-electron chi connectivity index (χ3n) is 4.97. The second-order valence-corrected chi connectivity index (χ2v) is 7.99. The Balaban J connectivity index is 2.04. The third-order valence-corrected chi connectivity index (χ3v) is 5.65. The van der Waals surface area contributed by atoms with Gasteiger partial charge in [-0.3, -0.25) is 4.99 Å². The molecule has 8 heteroatoms. The number of alkyl halides is 3. The van der Waals surface area contributed by atoms with Gasteiger partial charge < -0.3 is 10.5 Å². The van der Waals surface area contributed by atoms with Gasteiger partial charge in [0.1, 0.15) is 5.75 Å². The van der Waals surface area contributed by atoms with Crippen LogP contribution in [0.4, 0.5) is 18.3 Å². The topological polar surface area (TPSA) is 60.5 Å². The van der Waals surface area contributed by atoms with Gasteiger partial charge in [-0.25, -0.2) is 4.98 Å². The first-order valence-corrected chi connectivity index (χ1v) is 10.4. The van der Waals surface area contributed by atoms with Crippen molar-refractivity contribution in [1.29, 1.82) is 0 Å². The molecule has 0 amide bonds. The maximum atomic E-state index is 13.8. The molecule has 4 nitrogen and oxygen atoms in total. The lowest BCUT2D eigenvalue weighted by molar-refractivity contribution is -0.139. The molecule has 0 bridgehead atoms. The Hall–Kier alpha value is -2.35. The first kappa shape index (κ1) is 21.4. The number of benzene rings is 1. The van der Waals surface area contributed by atoms with Crippen LogP contribution >= 0.6 is 11.3 Å². The van der Waals surface area contributed by atoms with Crippen molar-refractivity contribution in [3.8, 4) is 5.75 Å². The van der Waals surface area contributed by atoms with Gasteiger partial charge in [-0.15, -0.1) is 11.3 Å². The summed E-state index contributed by atoms with van der Waals surface area (Å²) in [5.41, 5.74) is 5.99. The number of unbranched alkanes of at least 4 members (excludes halogenated alkanes) is 2. The van der Waals surface area contributed by atoms with Crippen molar-refractivity contribution in [2.75, 3.05) is 18.9 Å². The second kappa shape index (κ2) is 8.57. The molecule has 2 aromatic rings. The smallest absolute Gasteiger partial charge is 0.419 e. The van der Waals surface area contributed by atoms with Crippen LogP contribution in [0.1, 0.15) is 49.9 Å². The molecule has 1 aromatic heterocycles. The molecule has 0 saturated heterocycles. The van der Waals surface area contributed by atoms with Gasteiger partial charge >= 0.3 is 6.18 Å². The van der Waals surface area contributed by atoms with Gasteiger partial charge in [-0.2, -0.15) is 13.2 Å². The molecule has 1 aromatic carbocycles. The fourth-order valence-electron chi connectivity index (χ4n) is 3.30. The predicted molar refractivity (Wildman–Crippen MR) is 111 cm³/mol. The van der Waals surface area contributed by atoms with E-state index in [-0.39, 0.29) is 18.9 Å². The number of hydrogen-bond acceptors (Lipinski definition) is 5. The summed E-state index contributed by atoms with van der Waals surface area (Å²) >= 11 is 1.26. The molecular weight excluding hydrogens is 399 g/mol. The van der Waals surface area contributed by atoms with Crippen molar-refractivity contribution in [2.24, 2.45) is 4.99 Å². The average molecular weight is 424 g/mol. The number of nitrogen functional groups attached to an aromatic ring is 1.